The standard InChI is InChI=1S/C17H33N5O2.HI/c1-4-24-16-5-8-22(9-6-16)17(18-3)19-7-10-20-11-13-21(14-12-20)15(2)23;/h16H,4-14H2,1-3H3,(H,18,19);1H. The Morgan fingerprint density at radius 3 is 2.28 bits per heavy atom. The zero-order chi connectivity index (χ0) is 17.4. The van der Waals surface area contributed by atoms with Crippen molar-refractivity contribution in [2.45, 2.75) is 32.8 Å². The van der Waals surface area contributed by atoms with Crippen molar-refractivity contribution in [3.63, 3.8) is 0 Å². The summed E-state index contributed by atoms with van der Waals surface area (Å²) in [6.07, 6.45) is 2.55. The molecule has 7 nitrogen and oxygen atoms in total. The van der Waals surface area contributed by atoms with Gasteiger partial charge in [-0.2, -0.15) is 0 Å². The van der Waals surface area contributed by atoms with Crippen molar-refractivity contribution in [1.82, 2.24) is 20.0 Å². The molecule has 1 amide bonds. The first-order valence-electron chi connectivity index (χ1n) is 9.19. The van der Waals surface area contributed by atoms with E-state index in [4.69, 9.17) is 4.74 Å². The first-order valence-corrected chi connectivity index (χ1v) is 9.19. The molecule has 0 radical (unpaired) electrons. The first kappa shape index (κ1) is 22.4. The minimum Gasteiger partial charge on any atom is -0.378 e. The monoisotopic (exact) mass is 467 g/mol. The number of rotatable bonds is 5. The Balaban J connectivity index is 0.00000312. The largest absolute Gasteiger partial charge is 0.378 e. The van der Waals surface area contributed by atoms with Crippen LogP contribution in [0.25, 0.3) is 0 Å². The second-order valence-corrected chi connectivity index (χ2v) is 6.46. The van der Waals surface area contributed by atoms with Crippen LogP contribution in [0.15, 0.2) is 4.99 Å². The number of nitrogens with one attached hydrogen (secondary N) is 1. The fraction of sp³-hybridized carbons (Fsp3) is 0.882. The summed E-state index contributed by atoms with van der Waals surface area (Å²) >= 11 is 0. The van der Waals surface area contributed by atoms with Crippen molar-refractivity contribution in [2.24, 2.45) is 4.99 Å². The van der Waals surface area contributed by atoms with Gasteiger partial charge in [0.1, 0.15) is 0 Å². The van der Waals surface area contributed by atoms with Crippen LogP contribution in [0.2, 0.25) is 0 Å². The molecule has 0 aromatic rings. The van der Waals surface area contributed by atoms with Crippen LogP contribution in [0.1, 0.15) is 26.7 Å². The van der Waals surface area contributed by atoms with Crippen LogP contribution < -0.4 is 5.32 Å². The molecule has 2 rings (SSSR count). The Labute approximate surface area is 169 Å². The third-order valence-corrected chi connectivity index (χ3v) is 4.88. The Kier molecular flexibility index (Phi) is 10.7. The van der Waals surface area contributed by atoms with E-state index >= 15 is 0 Å². The highest BCUT2D eigenvalue weighted by Crippen LogP contribution is 2.13. The van der Waals surface area contributed by atoms with Gasteiger partial charge in [-0.05, 0) is 19.8 Å². The number of halogens is 1. The third kappa shape index (κ3) is 7.26. The van der Waals surface area contributed by atoms with E-state index in [0.29, 0.717) is 6.10 Å². The van der Waals surface area contributed by atoms with Gasteiger partial charge in [0, 0.05) is 72.9 Å². The fourth-order valence-corrected chi connectivity index (χ4v) is 3.41. The highest BCUT2D eigenvalue weighted by molar-refractivity contribution is 14.0. The van der Waals surface area contributed by atoms with Gasteiger partial charge >= 0.3 is 0 Å². The summed E-state index contributed by atoms with van der Waals surface area (Å²) in [6, 6.07) is 0. The number of likely N-dealkylation sites (tertiary alicyclic amines) is 1. The van der Waals surface area contributed by atoms with Gasteiger partial charge in [-0.25, -0.2) is 0 Å². The number of nitrogens with zero attached hydrogens (tertiary/aromatic N) is 4. The number of carbonyl (C=O) groups is 1. The van der Waals surface area contributed by atoms with E-state index in [2.05, 4.69) is 27.0 Å². The Morgan fingerprint density at radius 2 is 1.76 bits per heavy atom. The van der Waals surface area contributed by atoms with Crippen LogP contribution in [0, 0.1) is 0 Å². The Bertz CT molecular complexity index is 419. The molecular formula is C17H34IN5O2. The third-order valence-electron chi connectivity index (χ3n) is 4.88. The number of piperidine rings is 1. The summed E-state index contributed by atoms with van der Waals surface area (Å²) in [6.45, 7) is 12.0. The highest BCUT2D eigenvalue weighted by Gasteiger charge is 2.22. The van der Waals surface area contributed by atoms with Crippen LogP contribution in [-0.4, -0.2) is 98.7 Å². The summed E-state index contributed by atoms with van der Waals surface area (Å²) in [7, 11) is 1.85. The molecule has 146 valence electrons. The van der Waals surface area contributed by atoms with Crippen molar-refractivity contribution in [3.05, 3.63) is 0 Å². The Hall–Kier alpha value is -0.610. The van der Waals surface area contributed by atoms with Crippen LogP contribution in [-0.2, 0) is 9.53 Å². The summed E-state index contributed by atoms with van der Waals surface area (Å²) < 4.78 is 5.71. The normalized spacial score (nSPS) is 20.4. The summed E-state index contributed by atoms with van der Waals surface area (Å²) in [5.41, 5.74) is 0. The molecule has 0 aromatic carbocycles. The molecule has 0 spiro atoms. The maximum atomic E-state index is 11.4. The topological polar surface area (TPSA) is 60.4 Å². The number of piperazine rings is 1. The van der Waals surface area contributed by atoms with Gasteiger partial charge < -0.3 is 19.9 Å². The number of amides is 1. The molecule has 0 atom stereocenters. The molecule has 2 saturated heterocycles. The molecule has 2 aliphatic rings. The van der Waals surface area contributed by atoms with E-state index in [1.807, 2.05) is 11.9 Å². The van der Waals surface area contributed by atoms with E-state index in [0.717, 1.165) is 77.8 Å². The molecule has 0 aromatic heterocycles. The average Bonchev–Trinajstić information content (AvgIpc) is 2.60. The summed E-state index contributed by atoms with van der Waals surface area (Å²) in [4.78, 5) is 22.4. The molecule has 25 heavy (non-hydrogen) atoms. The van der Waals surface area contributed by atoms with Gasteiger partial charge in [-0.3, -0.25) is 14.7 Å². The van der Waals surface area contributed by atoms with Gasteiger partial charge in [0.05, 0.1) is 6.10 Å². The maximum Gasteiger partial charge on any atom is 0.219 e. The van der Waals surface area contributed by atoms with E-state index < -0.39 is 0 Å². The van der Waals surface area contributed by atoms with Crippen molar-refractivity contribution in [1.29, 1.82) is 0 Å². The maximum absolute atomic E-state index is 11.4. The zero-order valence-corrected chi connectivity index (χ0v) is 18.2. The molecule has 0 saturated carbocycles. The fourth-order valence-electron chi connectivity index (χ4n) is 3.41. The number of hydrogen-bond donors (Lipinski definition) is 1. The van der Waals surface area contributed by atoms with Crippen molar-refractivity contribution >= 4 is 35.8 Å². The minimum atomic E-state index is 0. The van der Waals surface area contributed by atoms with Gasteiger partial charge in [-0.15, -0.1) is 24.0 Å². The predicted molar refractivity (Wildman–Crippen MR) is 112 cm³/mol. The lowest BCUT2D eigenvalue weighted by Crippen LogP contribution is -2.51. The number of aliphatic imine (C=N–C) groups is 1. The van der Waals surface area contributed by atoms with Gasteiger partial charge in [0.15, 0.2) is 5.96 Å². The molecule has 1 N–H and O–H groups in total. The Morgan fingerprint density at radius 1 is 1.12 bits per heavy atom. The van der Waals surface area contributed by atoms with Crippen molar-refractivity contribution < 1.29 is 9.53 Å². The quantitative estimate of drug-likeness (QED) is 0.369. The molecule has 2 fully saturated rings. The second kappa shape index (κ2) is 11.9. The van der Waals surface area contributed by atoms with Crippen LogP contribution in [0.5, 0.6) is 0 Å². The number of guanidine groups is 1. The average molecular weight is 467 g/mol. The molecule has 0 aliphatic carbocycles. The van der Waals surface area contributed by atoms with Crippen molar-refractivity contribution in [3.8, 4) is 0 Å². The molecular weight excluding hydrogens is 433 g/mol. The highest BCUT2D eigenvalue weighted by atomic mass is 127. The lowest BCUT2D eigenvalue weighted by molar-refractivity contribution is -0.130. The first-order chi connectivity index (χ1) is 11.6. The lowest BCUT2D eigenvalue weighted by Gasteiger charge is -2.36. The number of ether oxygens (including phenoxy) is 1. The van der Waals surface area contributed by atoms with Crippen LogP contribution in [0.4, 0.5) is 0 Å². The smallest absolute Gasteiger partial charge is 0.219 e. The van der Waals surface area contributed by atoms with Gasteiger partial charge in [-0.1, -0.05) is 0 Å². The van der Waals surface area contributed by atoms with E-state index in [1.165, 1.54) is 0 Å². The molecule has 0 unspecified atom stereocenters. The number of hydrogen-bond acceptors (Lipinski definition) is 4. The SMILES string of the molecule is CCOC1CCN(C(=NC)NCCN2CCN(C(C)=O)CC2)CC1.I. The van der Waals surface area contributed by atoms with Crippen molar-refractivity contribution in [2.75, 3.05) is 66.0 Å². The second-order valence-electron chi connectivity index (χ2n) is 6.46. The lowest BCUT2D eigenvalue weighted by atomic mass is 10.1. The van der Waals surface area contributed by atoms with Gasteiger partial charge in [0.2, 0.25) is 5.91 Å². The molecule has 2 aliphatic heterocycles. The molecule has 2 heterocycles. The molecule has 0 bridgehead atoms. The zero-order valence-electron chi connectivity index (χ0n) is 15.9. The summed E-state index contributed by atoms with van der Waals surface area (Å²) in [5.74, 6) is 1.18. The van der Waals surface area contributed by atoms with Crippen LogP contribution in [0.3, 0.4) is 0 Å². The van der Waals surface area contributed by atoms with E-state index in [1.54, 1.807) is 6.92 Å². The van der Waals surface area contributed by atoms with Crippen LogP contribution >= 0.6 is 24.0 Å². The number of carbonyl (C=O) groups excluding carboxylic acids is 1. The summed E-state index contributed by atoms with van der Waals surface area (Å²) in [5, 5.41) is 3.48. The predicted octanol–water partition coefficient (Wildman–Crippen LogP) is 0.845. The van der Waals surface area contributed by atoms with E-state index in [-0.39, 0.29) is 29.9 Å². The molecule has 8 heteroatoms. The van der Waals surface area contributed by atoms with Gasteiger partial charge in [0.25, 0.3) is 0 Å². The minimum absolute atomic E-state index is 0. The van der Waals surface area contributed by atoms with E-state index in [9.17, 15) is 4.79 Å².